The molecule has 0 radical (unpaired) electrons. The van der Waals surface area contributed by atoms with Crippen LogP contribution in [-0.2, 0) is 16.1 Å². The van der Waals surface area contributed by atoms with E-state index in [1.165, 1.54) is 11.8 Å². The molecule has 9 heteroatoms. The van der Waals surface area contributed by atoms with Crippen molar-refractivity contribution in [2.45, 2.75) is 6.54 Å². The molecule has 0 bridgehead atoms. The van der Waals surface area contributed by atoms with Gasteiger partial charge in [0.1, 0.15) is 5.02 Å². The van der Waals surface area contributed by atoms with E-state index < -0.39 is 0 Å². The lowest BCUT2D eigenvalue weighted by Crippen LogP contribution is -2.36. The Hall–Kier alpha value is -3.62. The van der Waals surface area contributed by atoms with Gasteiger partial charge in [0.2, 0.25) is 11.9 Å². The quantitative estimate of drug-likeness (QED) is 0.424. The van der Waals surface area contributed by atoms with Crippen molar-refractivity contribution in [1.82, 2.24) is 9.97 Å². The zero-order valence-electron chi connectivity index (χ0n) is 18.1. The van der Waals surface area contributed by atoms with Crippen LogP contribution in [0.3, 0.4) is 0 Å². The summed E-state index contributed by atoms with van der Waals surface area (Å²) in [7, 11) is 0. The number of amides is 1. The van der Waals surface area contributed by atoms with Crippen LogP contribution in [0.4, 0.5) is 28.8 Å². The molecule has 1 amide bonds. The van der Waals surface area contributed by atoms with Gasteiger partial charge < -0.3 is 25.6 Å². The predicted octanol–water partition coefficient (Wildman–Crippen LogP) is 4.45. The lowest BCUT2D eigenvalue weighted by atomic mass is 10.2. The molecule has 170 valence electrons. The normalized spacial score (nSPS) is 13.3. The van der Waals surface area contributed by atoms with Crippen LogP contribution in [0.1, 0.15) is 5.56 Å². The Morgan fingerprint density at radius 3 is 2.48 bits per heavy atom. The maximum absolute atomic E-state index is 11.4. The number of halogens is 1. The van der Waals surface area contributed by atoms with Gasteiger partial charge >= 0.3 is 0 Å². The summed E-state index contributed by atoms with van der Waals surface area (Å²) >= 11 is 6.28. The van der Waals surface area contributed by atoms with E-state index in [1.807, 2.05) is 36.4 Å². The van der Waals surface area contributed by atoms with E-state index in [9.17, 15) is 4.79 Å². The van der Waals surface area contributed by atoms with Crippen LogP contribution < -0.4 is 20.9 Å². The summed E-state index contributed by atoms with van der Waals surface area (Å²) in [5.74, 6) is 0.732. The van der Waals surface area contributed by atoms with Gasteiger partial charge in [-0.1, -0.05) is 30.3 Å². The molecular formula is C24H25ClN6O2. The molecule has 2 heterocycles. The van der Waals surface area contributed by atoms with Gasteiger partial charge in [-0.15, -0.1) is 0 Å². The standard InChI is InChI=1S/C24H25ClN6O2/c1-2-22(32)28-18-5-3-17(4-6-18)15-26-23-21(25)16-27-24(30-23)29-19-7-9-20(10-8-19)31-11-13-33-14-12-31/h2-10,16H,1,11-15H2,(H,28,32)(H2,26,27,29,30). The van der Waals surface area contributed by atoms with Crippen molar-refractivity contribution in [3.63, 3.8) is 0 Å². The molecule has 8 nitrogen and oxygen atoms in total. The Kier molecular flexibility index (Phi) is 7.39. The summed E-state index contributed by atoms with van der Waals surface area (Å²) in [6.45, 7) is 7.26. The first-order valence-corrected chi connectivity index (χ1v) is 11.0. The number of nitrogens with zero attached hydrogens (tertiary/aromatic N) is 3. The number of morpholine rings is 1. The molecule has 3 N–H and O–H groups in total. The molecule has 0 unspecified atom stereocenters. The smallest absolute Gasteiger partial charge is 0.247 e. The summed E-state index contributed by atoms with van der Waals surface area (Å²) < 4.78 is 5.41. The molecule has 2 aromatic carbocycles. The van der Waals surface area contributed by atoms with E-state index in [-0.39, 0.29) is 5.91 Å². The second-order valence-corrected chi connectivity index (χ2v) is 7.81. The van der Waals surface area contributed by atoms with Crippen molar-refractivity contribution in [3.05, 3.63) is 78.0 Å². The van der Waals surface area contributed by atoms with E-state index >= 15 is 0 Å². The lowest BCUT2D eigenvalue weighted by Gasteiger charge is -2.28. The highest BCUT2D eigenvalue weighted by Crippen LogP contribution is 2.24. The Balaban J connectivity index is 1.36. The molecule has 1 aromatic heterocycles. The largest absolute Gasteiger partial charge is 0.378 e. The molecule has 1 saturated heterocycles. The third-order valence-electron chi connectivity index (χ3n) is 5.11. The summed E-state index contributed by atoms with van der Waals surface area (Å²) in [5.41, 5.74) is 3.76. The molecule has 3 aromatic rings. The second-order valence-electron chi connectivity index (χ2n) is 7.41. The molecule has 4 rings (SSSR count). The molecule has 0 aliphatic carbocycles. The van der Waals surface area contributed by atoms with Gasteiger partial charge in [0.05, 0.1) is 19.4 Å². The maximum atomic E-state index is 11.4. The molecule has 0 spiro atoms. The Bertz CT molecular complexity index is 1100. The third-order valence-corrected chi connectivity index (χ3v) is 5.39. The van der Waals surface area contributed by atoms with E-state index in [4.69, 9.17) is 16.3 Å². The molecule has 0 saturated carbocycles. The summed E-state index contributed by atoms with van der Waals surface area (Å²) in [6, 6.07) is 15.6. The first-order chi connectivity index (χ1) is 16.1. The van der Waals surface area contributed by atoms with E-state index in [2.05, 4.69) is 49.5 Å². The maximum Gasteiger partial charge on any atom is 0.247 e. The third kappa shape index (κ3) is 6.21. The molecule has 0 atom stereocenters. The minimum Gasteiger partial charge on any atom is -0.378 e. The molecular weight excluding hydrogens is 440 g/mol. The summed E-state index contributed by atoms with van der Waals surface area (Å²) in [4.78, 5) is 22.5. The molecule has 1 aliphatic rings. The van der Waals surface area contributed by atoms with Crippen molar-refractivity contribution in [1.29, 1.82) is 0 Å². The molecule has 1 aliphatic heterocycles. The fraction of sp³-hybridized carbons (Fsp3) is 0.208. The Morgan fingerprint density at radius 2 is 1.79 bits per heavy atom. The minimum atomic E-state index is -0.246. The number of carbonyl (C=O) groups excluding carboxylic acids is 1. The van der Waals surface area contributed by atoms with Crippen molar-refractivity contribution >= 4 is 46.3 Å². The van der Waals surface area contributed by atoms with Crippen molar-refractivity contribution in [3.8, 4) is 0 Å². The second kappa shape index (κ2) is 10.8. The average Bonchev–Trinajstić information content (AvgIpc) is 2.86. The summed E-state index contributed by atoms with van der Waals surface area (Å²) in [6.07, 6.45) is 2.80. The SMILES string of the molecule is C=CC(=O)Nc1ccc(CNc2nc(Nc3ccc(N4CCOCC4)cc3)ncc2Cl)cc1. The Morgan fingerprint density at radius 1 is 1.09 bits per heavy atom. The van der Waals surface area contributed by atoms with Crippen LogP contribution in [0.2, 0.25) is 5.02 Å². The van der Waals surface area contributed by atoms with Gasteiger partial charge in [-0.2, -0.15) is 4.98 Å². The highest BCUT2D eigenvalue weighted by atomic mass is 35.5. The van der Waals surface area contributed by atoms with Crippen LogP contribution in [-0.4, -0.2) is 42.2 Å². The minimum absolute atomic E-state index is 0.246. The van der Waals surface area contributed by atoms with Crippen LogP contribution in [0.25, 0.3) is 0 Å². The summed E-state index contributed by atoms with van der Waals surface area (Å²) in [5, 5.41) is 9.60. The molecule has 1 fully saturated rings. The number of aromatic nitrogens is 2. The van der Waals surface area contributed by atoms with Crippen molar-refractivity contribution < 1.29 is 9.53 Å². The van der Waals surface area contributed by atoms with Gasteiger partial charge in [-0.3, -0.25) is 4.79 Å². The number of anilines is 5. The van der Waals surface area contributed by atoms with Crippen molar-refractivity contribution in [2.75, 3.05) is 47.2 Å². The number of carbonyl (C=O) groups is 1. The van der Waals surface area contributed by atoms with E-state index in [0.29, 0.717) is 29.0 Å². The van der Waals surface area contributed by atoms with Crippen LogP contribution in [0.15, 0.2) is 67.4 Å². The van der Waals surface area contributed by atoms with Gasteiger partial charge in [-0.05, 0) is 48.0 Å². The zero-order chi connectivity index (χ0) is 23.0. The number of hydrogen-bond donors (Lipinski definition) is 3. The highest BCUT2D eigenvalue weighted by molar-refractivity contribution is 6.32. The Labute approximate surface area is 197 Å². The van der Waals surface area contributed by atoms with Gasteiger partial charge in [0.15, 0.2) is 5.82 Å². The number of hydrogen-bond acceptors (Lipinski definition) is 7. The first kappa shape index (κ1) is 22.6. The molecule has 33 heavy (non-hydrogen) atoms. The number of ether oxygens (including phenoxy) is 1. The van der Waals surface area contributed by atoms with Crippen LogP contribution >= 0.6 is 11.6 Å². The number of rotatable bonds is 8. The predicted molar refractivity (Wildman–Crippen MR) is 132 cm³/mol. The zero-order valence-corrected chi connectivity index (χ0v) is 18.8. The van der Waals surface area contributed by atoms with Crippen molar-refractivity contribution in [2.24, 2.45) is 0 Å². The van der Waals surface area contributed by atoms with E-state index in [1.54, 1.807) is 6.20 Å². The van der Waals surface area contributed by atoms with Crippen LogP contribution in [0.5, 0.6) is 0 Å². The topological polar surface area (TPSA) is 91.4 Å². The number of benzene rings is 2. The first-order valence-electron chi connectivity index (χ1n) is 10.6. The van der Waals surface area contributed by atoms with Gasteiger partial charge in [0.25, 0.3) is 0 Å². The monoisotopic (exact) mass is 464 g/mol. The fourth-order valence-electron chi connectivity index (χ4n) is 3.34. The van der Waals surface area contributed by atoms with Gasteiger partial charge in [-0.25, -0.2) is 4.98 Å². The highest BCUT2D eigenvalue weighted by Gasteiger charge is 2.11. The fourth-order valence-corrected chi connectivity index (χ4v) is 3.50. The average molecular weight is 465 g/mol. The lowest BCUT2D eigenvalue weighted by molar-refractivity contribution is -0.111. The van der Waals surface area contributed by atoms with Crippen LogP contribution in [0, 0.1) is 0 Å². The number of nitrogens with one attached hydrogen (secondary N) is 3. The van der Waals surface area contributed by atoms with Gasteiger partial charge in [0, 0.05) is 36.7 Å². The van der Waals surface area contributed by atoms with E-state index in [0.717, 1.165) is 37.6 Å².